The number of hydrogen-bond donors (Lipinski definition) is 3. The maximum absolute atomic E-state index is 13.5. The maximum Gasteiger partial charge on any atom is 0.338 e. The van der Waals surface area contributed by atoms with Gasteiger partial charge in [0.1, 0.15) is 0 Å². The minimum absolute atomic E-state index is 0.118. The molecule has 0 amide bonds. The number of carbonyl (C=O) groups is 1. The monoisotopic (exact) mass is 257 g/mol. The van der Waals surface area contributed by atoms with Crippen LogP contribution in [0.1, 0.15) is 23.2 Å². The average molecular weight is 257 g/mol. The fourth-order valence-corrected chi connectivity index (χ4v) is 1.71. The number of anilines is 1. The van der Waals surface area contributed by atoms with Gasteiger partial charge in [-0.05, 0) is 30.9 Å². The summed E-state index contributed by atoms with van der Waals surface area (Å²) in [5, 5.41) is 20.8. The largest absolute Gasteiger partial charge is 0.478 e. The number of carboxylic acids is 1. The molecule has 0 bridgehead atoms. The van der Waals surface area contributed by atoms with Crippen LogP contribution in [-0.2, 0) is 0 Å². The van der Waals surface area contributed by atoms with Gasteiger partial charge in [0.15, 0.2) is 11.6 Å². The molecule has 1 aliphatic carbocycles. The number of aliphatic hydroxyl groups is 1. The lowest BCUT2D eigenvalue weighted by Crippen LogP contribution is -2.22. The van der Waals surface area contributed by atoms with Crippen molar-refractivity contribution in [3.63, 3.8) is 0 Å². The Kier molecular flexibility index (Phi) is 3.47. The summed E-state index contributed by atoms with van der Waals surface area (Å²) >= 11 is 0. The molecule has 18 heavy (non-hydrogen) atoms. The summed E-state index contributed by atoms with van der Waals surface area (Å²) in [6.45, 7) is 0.118. The molecule has 1 saturated carbocycles. The zero-order chi connectivity index (χ0) is 13.3. The van der Waals surface area contributed by atoms with E-state index < -0.39 is 29.3 Å². The highest BCUT2D eigenvalue weighted by Gasteiger charge is 2.29. The van der Waals surface area contributed by atoms with Crippen molar-refractivity contribution in [1.29, 1.82) is 0 Å². The number of carboxylic acid groups (broad SMARTS) is 1. The van der Waals surface area contributed by atoms with Gasteiger partial charge < -0.3 is 15.5 Å². The summed E-state index contributed by atoms with van der Waals surface area (Å²) in [7, 11) is 0. The Morgan fingerprint density at radius 2 is 2.06 bits per heavy atom. The molecule has 0 heterocycles. The van der Waals surface area contributed by atoms with E-state index in [2.05, 4.69) is 5.32 Å². The van der Waals surface area contributed by atoms with E-state index >= 15 is 0 Å². The van der Waals surface area contributed by atoms with E-state index in [0.29, 0.717) is 0 Å². The van der Waals surface area contributed by atoms with Crippen LogP contribution in [0.25, 0.3) is 0 Å². The Bertz CT molecular complexity index is 475. The van der Waals surface area contributed by atoms with Gasteiger partial charge in [-0.1, -0.05) is 0 Å². The summed E-state index contributed by atoms with van der Waals surface area (Å²) in [6.07, 6.45) is 1.29. The topological polar surface area (TPSA) is 69.6 Å². The van der Waals surface area contributed by atoms with Crippen molar-refractivity contribution in [3.05, 3.63) is 29.3 Å². The molecule has 1 aromatic carbocycles. The van der Waals surface area contributed by atoms with Gasteiger partial charge in [-0.25, -0.2) is 13.6 Å². The summed E-state index contributed by atoms with van der Waals surface area (Å²) in [6, 6.07) is 2.15. The van der Waals surface area contributed by atoms with Gasteiger partial charge in [-0.3, -0.25) is 0 Å². The lowest BCUT2D eigenvalue weighted by molar-refractivity contribution is 0.0690. The highest BCUT2D eigenvalue weighted by atomic mass is 19.2. The fraction of sp³-hybridized carbons (Fsp3) is 0.417. The average Bonchev–Trinajstić information content (AvgIpc) is 3.14. The van der Waals surface area contributed by atoms with E-state index in [4.69, 9.17) is 5.11 Å². The van der Waals surface area contributed by atoms with E-state index in [0.717, 1.165) is 25.0 Å². The van der Waals surface area contributed by atoms with Crippen molar-refractivity contribution in [2.45, 2.75) is 18.9 Å². The molecule has 98 valence electrons. The lowest BCUT2D eigenvalue weighted by atomic mass is 10.1. The number of halogens is 2. The molecule has 1 atom stereocenters. The van der Waals surface area contributed by atoms with E-state index in [1.807, 2.05) is 0 Å². The van der Waals surface area contributed by atoms with Crippen LogP contribution in [0, 0.1) is 17.6 Å². The first-order chi connectivity index (χ1) is 8.50. The molecule has 0 aliphatic heterocycles. The molecular formula is C12H13F2NO3. The first-order valence-corrected chi connectivity index (χ1v) is 5.64. The van der Waals surface area contributed by atoms with Gasteiger partial charge in [0.05, 0.1) is 17.4 Å². The molecule has 0 spiro atoms. The maximum atomic E-state index is 13.5. The molecular weight excluding hydrogens is 244 g/mol. The van der Waals surface area contributed by atoms with Crippen molar-refractivity contribution in [3.8, 4) is 0 Å². The van der Waals surface area contributed by atoms with Crippen LogP contribution in [0.3, 0.4) is 0 Å². The predicted molar refractivity (Wildman–Crippen MR) is 60.5 cm³/mol. The minimum Gasteiger partial charge on any atom is -0.478 e. The summed E-state index contributed by atoms with van der Waals surface area (Å²) < 4.78 is 26.9. The Hall–Kier alpha value is -1.69. The van der Waals surface area contributed by atoms with Gasteiger partial charge in [0.25, 0.3) is 0 Å². The highest BCUT2D eigenvalue weighted by Crippen LogP contribution is 2.32. The second kappa shape index (κ2) is 4.89. The van der Waals surface area contributed by atoms with E-state index in [-0.39, 0.29) is 18.2 Å². The van der Waals surface area contributed by atoms with E-state index in [1.165, 1.54) is 0 Å². The first kappa shape index (κ1) is 12.8. The van der Waals surface area contributed by atoms with Crippen LogP contribution in [0.5, 0.6) is 0 Å². The molecule has 0 radical (unpaired) electrons. The predicted octanol–water partition coefficient (Wildman–Crippen LogP) is 1.85. The van der Waals surface area contributed by atoms with Crippen molar-refractivity contribution in [2.75, 3.05) is 11.9 Å². The number of nitrogens with one attached hydrogen (secondary N) is 1. The highest BCUT2D eigenvalue weighted by molar-refractivity contribution is 5.88. The third-order valence-electron chi connectivity index (χ3n) is 2.98. The number of aliphatic hydroxyl groups excluding tert-OH is 1. The second-order valence-electron chi connectivity index (χ2n) is 4.38. The van der Waals surface area contributed by atoms with Crippen molar-refractivity contribution in [2.24, 2.45) is 5.92 Å². The standard InChI is InChI=1S/C12H13F2NO3/c13-10-7(12(17)18)3-4-8(11(10)14)15-5-9(16)6-1-2-6/h3-4,6,9,15-16H,1-2,5H2,(H,17,18). The molecule has 2 rings (SSSR count). The quantitative estimate of drug-likeness (QED) is 0.753. The van der Waals surface area contributed by atoms with Crippen LogP contribution in [0.15, 0.2) is 12.1 Å². The molecule has 0 saturated heterocycles. The van der Waals surface area contributed by atoms with Crippen molar-refractivity contribution in [1.82, 2.24) is 0 Å². The molecule has 3 N–H and O–H groups in total. The van der Waals surface area contributed by atoms with Crippen LogP contribution in [0.4, 0.5) is 14.5 Å². The zero-order valence-corrected chi connectivity index (χ0v) is 9.49. The Morgan fingerprint density at radius 1 is 1.39 bits per heavy atom. The Labute approximate surface area is 102 Å². The molecule has 0 aromatic heterocycles. The minimum atomic E-state index is -1.52. The number of rotatable bonds is 5. The first-order valence-electron chi connectivity index (χ1n) is 5.64. The third-order valence-corrected chi connectivity index (χ3v) is 2.98. The normalized spacial score (nSPS) is 16.4. The van der Waals surface area contributed by atoms with Crippen LogP contribution in [-0.4, -0.2) is 28.8 Å². The fourth-order valence-electron chi connectivity index (χ4n) is 1.71. The van der Waals surface area contributed by atoms with Gasteiger partial charge in [0.2, 0.25) is 0 Å². The zero-order valence-electron chi connectivity index (χ0n) is 9.49. The smallest absolute Gasteiger partial charge is 0.338 e. The number of hydrogen-bond acceptors (Lipinski definition) is 3. The molecule has 4 nitrogen and oxygen atoms in total. The van der Waals surface area contributed by atoms with E-state index in [1.54, 1.807) is 0 Å². The van der Waals surface area contributed by atoms with Crippen LogP contribution in [0.2, 0.25) is 0 Å². The SMILES string of the molecule is O=C(O)c1ccc(NCC(O)C2CC2)c(F)c1F. The van der Waals surface area contributed by atoms with Crippen molar-refractivity contribution < 1.29 is 23.8 Å². The van der Waals surface area contributed by atoms with Crippen molar-refractivity contribution >= 4 is 11.7 Å². The molecule has 1 fully saturated rings. The van der Waals surface area contributed by atoms with Gasteiger partial charge in [-0.2, -0.15) is 0 Å². The molecule has 1 aliphatic rings. The number of benzene rings is 1. The Balaban J connectivity index is 2.08. The summed E-state index contributed by atoms with van der Waals surface area (Å²) in [5.41, 5.74) is -0.849. The van der Waals surface area contributed by atoms with Gasteiger partial charge >= 0.3 is 5.97 Å². The van der Waals surface area contributed by atoms with Crippen LogP contribution < -0.4 is 5.32 Å². The summed E-state index contributed by atoms with van der Waals surface area (Å²) in [4.78, 5) is 10.6. The van der Waals surface area contributed by atoms with Gasteiger partial charge in [0, 0.05) is 6.54 Å². The molecule has 6 heteroatoms. The van der Waals surface area contributed by atoms with Crippen LogP contribution >= 0.6 is 0 Å². The lowest BCUT2D eigenvalue weighted by Gasteiger charge is -2.13. The molecule has 1 aromatic rings. The molecule has 1 unspecified atom stereocenters. The van der Waals surface area contributed by atoms with Gasteiger partial charge in [-0.15, -0.1) is 0 Å². The number of aromatic carboxylic acids is 1. The Morgan fingerprint density at radius 3 is 2.61 bits per heavy atom. The second-order valence-corrected chi connectivity index (χ2v) is 4.38. The summed E-state index contributed by atoms with van der Waals surface area (Å²) in [5.74, 6) is -3.93. The van der Waals surface area contributed by atoms with E-state index in [9.17, 15) is 18.7 Å². The third kappa shape index (κ3) is 2.59.